The molecule has 0 bridgehead atoms. The summed E-state index contributed by atoms with van der Waals surface area (Å²) in [5.74, 6) is 4.74. The molecule has 0 spiro atoms. The molecule has 142 valence electrons. The average molecular weight is 411 g/mol. The maximum Gasteiger partial charge on any atom is 0.103 e. The highest BCUT2D eigenvalue weighted by Crippen LogP contribution is 2.64. The Bertz CT molecular complexity index is 558. The van der Waals surface area contributed by atoms with Crippen molar-refractivity contribution in [3.63, 3.8) is 0 Å². The van der Waals surface area contributed by atoms with Crippen LogP contribution in [0.5, 0.6) is 0 Å². The van der Waals surface area contributed by atoms with Crippen LogP contribution in [0.3, 0.4) is 0 Å². The van der Waals surface area contributed by atoms with Gasteiger partial charge in [-0.3, -0.25) is 0 Å². The van der Waals surface area contributed by atoms with Crippen LogP contribution in [-0.4, -0.2) is 21.1 Å². The maximum absolute atomic E-state index is 10.8. The molecule has 0 saturated heterocycles. The molecule has 4 rings (SSSR count). The Kier molecular flexibility index (Phi) is 4.81. The second-order valence-electron chi connectivity index (χ2n) is 9.81. The van der Waals surface area contributed by atoms with E-state index in [4.69, 9.17) is 0 Å². The highest BCUT2D eigenvalue weighted by molar-refractivity contribution is 9.09. The third-order valence-corrected chi connectivity index (χ3v) is 9.55. The van der Waals surface area contributed by atoms with Crippen LogP contribution in [-0.2, 0) is 0 Å². The van der Waals surface area contributed by atoms with Crippen molar-refractivity contribution in [2.24, 2.45) is 35.0 Å². The molecule has 2 nitrogen and oxygen atoms in total. The van der Waals surface area contributed by atoms with Crippen molar-refractivity contribution >= 4 is 15.9 Å². The van der Waals surface area contributed by atoms with Crippen LogP contribution < -0.4 is 0 Å². The van der Waals surface area contributed by atoms with E-state index < -0.39 is 0 Å². The molecule has 4 saturated carbocycles. The lowest BCUT2D eigenvalue weighted by atomic mass is 9.49. The van der Waals surface area contributed by atoms with Crippen molar-refractivity contribution in [2.75, 3.05) is 5.33 Å². The van der Waals surface area contributed by atoms with Crippen LogP contribution in [0.25, 0.3) is 0 Å². The van der Waals surface area contributed by atoms with Gasteiger partial charge in [0.25, 0.3) is 0 Å². The van der Waals surface area contributed by atoms with Gasteiger partial charge in [-0.1, -0.05) is 29.8 Å². The van der Waals surface area contributed by atoms with Gasteiger partial charge in [-0.2, -0.15) is 0 Å². The summed E-state index contributed by atoms with van der Waals surface area (Å²) in [6, 6.07) is 0. The van der Waals surface area contributed by atoms with Gasteiger partial charge in [-0.05, 0) is 105 Å². The number of halogens is 1. The van der Waals surface area contributed by atoms with Crippen LogP contribution in [0.1, 0.15) is 78.1 Å². The average Bonchev–Trinajstić information content (AvgIpc) is 2.98. The number of allylic oxidation sites excluding steroid dienone is 2. The summed E-state index contributed by atoms with van der Waals surface area (Å²) in [5, 5.41) is 21.8. The summed E-state index contributed by atoms with van der Waals surface area (Å²) in [6.07, 6.45) is 11.9. The fourth-order valence-corrected chi connectivity index (χ4v) is 7.99. The minimum absolute atomic E-state index is 0.241. The monoisotopic (exact) mass is 410 g/mol. The molecule has 4 aliphatic rings. The Labute approximate surface area is 161 Å². The standard InChI is InChI=1S/C22H35BrO2/c1-3-22(25)11-9-15-14(12-22)4-5-17-16(15)8-10-21(2)18(17)6-7-19(21)20(24)13-23/h14-18,24-25H,3-13H2,1-2H3/b20-19+/t14-,15-,16+,17+,18-,21-,22+/m0/s1. The van der Waals surface area contributed by atoms with Crippen LogP contribution in [0, 0.1) is 35.0 Å². The lowest BCUT2D eigenvalue weighted by Crippen LogP contribution is -2.50. The molecule has 3 heteroatoms. The van der Waals surface area contributed by atoms with E-state index in [9.17, 15) is 10.2 Å². The second-order valence-corrected chi connectivity index (χ2v) is 10.4. The SMILES string of the molecule is CC[C@@]1(O)CC[C@H]2[C@@H](CC[C@@H]3[C@@H]2CC[C@]2(C)/C(=C(/O)CBr)CC[C@@H]32)C1. The molecule has 0 aromatic carbocycles. The van der Waals surface area contributed by atoms with Crippen LogP contribution in [0.15, 0.2) is 11.3 Å². The molecule has 7 atom stereocenters. The van der Waals surface area contributed by atoms with E-state index in [-0.39, 0.29) is 11.0 Å². The maximum atomic E-state index is 10.8. The molecule has 2 N–H and O–H groups in total. The summed E-state index contributed by atoms with van der Waals surface area (Å²) in [4.78, 5) is 0. The molecule has 0 unspecified atom stereocenters. The van der Waals surface area contributed by atoms with E-state index in [0.29, 0.717) is 11.1 Å². The lowest BCUT2D eigenvalue weighted by Gasteiger charge is -2.56. The third-order valence-electron chi connectivity index (χ3n) is 9.02. The molecule has 0 aromatic heterocycles. The Morgan fingerprint density at radius 1 is 1.08 bits per heavy atom. The zero-order valence-electron chi connectivity index (χ0n) is 15.9. The van der Waals surface area contributed by atoms with Gasteiger partial charge in [0, 0.05) is 0 Å². The first-order valence-corrected chi connectivity index (χ1v) is 11.7. The molecule has 4 fully saturated rings. The zero-order chi connectivity index (χ0) is 17.8. The molecule has 0 aromatic rings. The quantitative estimate of drug-likeness (QED) is 0.433. The van der Waals surface area contributed by atoms with E-state index in [0.717, 1.165) is 55.3 Å². The number of alkyl halides is 1. The van der Waals surface area contributed by atoms with Crippen LogP contribution >= 0.6 is 15.9 Å². The highest BCUT2D eigenvalue weighted by atomic mass is 79.9. The zero-order valence-corrected chi connectivity index (χ0v) is 17.5. The minimum Gasteiger partial charge on any atom is -0.511 e. The van der Waals surface area contributed by atoms with E-state index in [1.54, 1.807) is 0 Å². The fraction of sp³-hybridized carbons (Fsp3) is 0.909. The summed E-state index contributed by atoms with van der Waals surface area (Å²) in [7, 11) is 0. The predicted octanol–water partition coefficient (Wildman–Crippen LogP) is 5.99. The van der Waals surface area contributed by atoms with Crippen LogP contribution in [0.4, 0.5) is 0 Å². The molecule has 0 heterocycles. The van der Waals surface area contributed by atoms with Gasteiger partial charge in [-0.25, -0.2) is 0 Å². The van der Waals surface area contributed by atoms with Gasteiger partial charge in [0.2, 0.25) is 0 Å². The predicted molar refractivity (Wildman–Crippen MR) is 106 cm³/mol. The molecule has 4 aliphatic carbocycles. The molecule has 0 radical (unpaired) electrons. The Balaban J connectivity index is 1.55. The summed E-state index contributed by atoms with van der Waals surface area (Å²) in [5.41, 5.74) is 1.23. The summed E-state index contributed by atoms with van der Waals surface area (Å²) in [6.45, 7) is 4.60. The van der Waals surface area contributed by atoms with Gasteiger partial charge in [0.1, 0.15) is 5.76 Å². The topological polar surface area (TPSA) is 40.5 Å². The third kappa shape index (κ3) is 2.83. The Hall–Kier alpha value is -0.0200. The van der Waals surface area contributed by atoms with Gasteiger partial charge in [0.15, 0.2) is 0 Å². The molecular weight excluding hydrogens is 376 g/mol. The van der Waals surface area contributed by atoms with Gasteiger partial charge in [0.05, 0.1) is 10.9 Å². The molecular formula is C22H35BrO2. The largest absolute Gasteiger partial charge is 0.511 e. The van der Waals surface area contributed by atoms with Crippen molar-refractivity contribution in [1.29, 1.82) is 0 Å². The Morgan fingerprint density at radius 2 is 1.84 bits per heavy atom. The minimum atomic E-state index is -0.373. The number of rotatable bonds is 2. The number of hydrogen-bond acceptors (Lipinski definition) is 2. The molecule has 0 amide bonds. The van der Waals surface area contributed by atoms with Crippen molar-refractivity contribution in [1.82, 2.24) is 0 Å². The van der Waals surface area contributed by atoms with E-state index in [2.05, 4.69) is 29.8 Å². The van der Waals surface area contributed by atoms with Crippen LogP contribution in [0.2, 0.25) is 0 Å². The van der Waals surface area contributed by atoms with E-state index in [1.807, 2.05) is 0 Å². The van der Waals surface area contributed by atoms with E-state index >= 15 is 0 Å². The van der Waals surface area contributed by atoms with E-state index in [1.165, 1.54) is 44.1 Å². The first kappa shape index (κ1) is 18.3. The molecule has 25 heavy (non-hydrogen) atoms. The Morgan fingerprint density at radius 3 is 2.56 bits per heavy atom. The molecule has 0 aliphatic heterocycles. The fourth-order valence-electron chi connectivity index (χ4n) is 7.65. The highest BCUT2D eigenvalue weighted by Gasteiger charge is 2.56. The van der Waals surface area contributed by atoms with Gasteiger partial charge in [-0.15, -0.1) is 0 Å². The second kappa shape index (κ2) is 6.55. The summed E-state index contributed by atoms with van der Waals surface area (Å²) < 4.78 is 0. The first-order chi connectivity index (χ1) is 11.9. The van der Waals surface area contributed by atoms with Gasteiger partial charge < -0.3 is 10.2 Å². The van der Waals surface area contributed by atoms with Gasteiger partial charge >= 0.3 is 0 Å². The number of aliphatic hydroxyl groups excluding tert-OH is 1. The summed E-state index contributed by atoms with van der Waals surface area (Å²) >= 11 is 3.47. The first-order valence-electron chi connectivity index (χ1n) is 10.6. The number of fused-ring (bicyclic) bond motifs is 5. The normalized spacial score (nSPS) is 51.4. The lowest BCUT2D eigenvalue weighted by molar-refractivity contribution is -0.0982. The van der Waals surface area contributed by atoms with Crippen molar-refractivity contribution in [2.45, 2.75) is 83.7 Å². The number of aliphatic hydroxyl groups is 2. The van der Waals surface area contributed by atoms with Crippen molar-refractivity contribution in [3.05, 3.63) is 11.3 Å². The number of hydrogen-bond donors (Lipinski definition) is 2. The van der Waals surface area contributed by atoms with Crippen molar-refractivity contribution in [3.8, 4) is 0 Å². The smallest absolute Gasteiger partial charge is 0.103 e. The van der Waals surface area contributed by atoms with Crippen molar-refractivity contribution < 1.29 is 10.2 Å².